The Kier molecular flexibility index (Phi) is 5.92. The minimum Gasteiger partial charge on any atom is -0.111 e. The van der Waals surface area contributed by atoms with E-state index in [9.17, 15) is 0 Å². The Morgan fingerprint density at radius 3 is 2.00 bits per heavy atom. The first-order chi connectivity index (χ1) is 14.3. The van der Waals surface area contributed by atoms with Crippen molar-refractivity contribution in [3.05, 3.63) is 130 Å². The fraction of sp³-hybridized carbons (Fsp3) is 0.138. The molecule has 3 aromatic rings. The van der Waals surface area contributed by atoms with Gasteiger partial charge in [0.25, 0.3) is 0 Å². The normalized spacial score (nSPS) is 12.7. The molecule has 1 aliphatic rings. The highest BCUT2D eigenvalue weighted by atomic mass is 14.1. The van der Waals surface area contributed by atoms with Crippen molar-refractivity contribution >= 4 is 5.57 Å². The summed E-state index contributed by atoms with van der Waals surface area (Å²) >= 11 is 0. The summed E-state index contributed by atoms with van der Waals surface area (Å²) in [5.74, 6) is 6.81. The van der Waals surface area contributed by atoms with Crippen LogP contribution in [0.25, 0.3) is 5.57 Å². The summed E-state index contributed by atoms with van der Waals surface area (Å²) in [6, 6.07) is 29.3. The van der Waals surface area contributed by atoms with Gasteiger partial charge in [0.1, 0.15) is 0 Å². The monoisotopic (exact) mass is 372 g/mol. The van der Waals surface area contributed by atoms with E-state index in [0.717, 1.165) is 30.4 Å². The minimum atomic E-state index is 1.05. The van der Waals surface area contributed by atoms with E-state index >= 15 is 0 Å². The third kappa shape index (κ3) is 4.67. The Balaban J connectivity index is 1.75. The molecule has 29 heavy (non-hydrogen) atoms. The van der Waals surface area contributed by atoms with E-state index in [1.165, 1.54) is 27.8 Å². The molecule has 0 unspecified atom stereocenters. The van der Waals surface area contributed by atoms with E-state index in [0.29, 0.717) is 0 Å². The molecule has 0 spiro atoms. The zero-order valence-electron chi connectivity index (χ0n) is 16.8. The van der Waals surface area contributed by atoms with E-state index in [2.05, 4.69) is 116 Å². The molecule has 0 bridgehead atoms. The fourth-order valence-corrected chi connectivity index (χ4v) is 3.63. The van der Waals surface area contributed by atoms with Gasteiger partial charge in [-0.05, 0) is 60.6 Å². The molecule has 4 rings (SSSR count). The van der Waals surface area contributed by atoms with Crippen LogP contribution in [0.1, 0.15) is 41.5 Å². The number of benzene rings is 3. The van der Waals surface area contributed by atoms with Crippen LogP contribution in [0.4, 0.5) is 0 Å². The molecule has 0 saturated heterocycles. The Morgan fingerprint density at radius 2 is 1.34 bits per heavy atom. The lowest BCUT2D eigenvalue weighted by atomic mass is 9.98. The SMILES string of the molecule is Cc1ccccc1C#CC1=C(C=C=C(c2ccccc2)c2ccccc2)CCC1. The number of aryl methyl sites for hydroxylation is 1. The number of rotatable bonds is 3. The second kappa shape index (κ2) is 9.11. The largest absolute Gasteiger partial charge is 0.111 e. The zero-order chi connectivity index (χ0) is 19.9. The lowest BCUT2D eigenvalue weighted by Crippen LogP contribution is -1.86. The van der Waals surface area contributed by atoms with Crippen LogP contribution >= 0.6 is 0 Å². The van der Waals surface area contributed by atoms with E-state index in [1.807, 2.05) is 0 Å². The lowest BCUT2D eigenvalue weighted by Gasteiger charge is -2.05. The molecule has 0 nitrogen and oxygen atoms in total. The fourth-order valence-electron chi connectivity index (χ4n) is 3.63. The first-order valence-electron chi connectivity index (χ1n) is 10.2. The van der Waals surface area contributed by atoms with E-state index < -0.39 is 0 Å². The summed E-state index contributed by atoms with van der Waals surface area (Å²) in [5.41, 5.74) is 12.0. The molecular weight excluding hydrogens is 348 g/mol. The average Bonchev–Trinajstić information content (AvgIpc) is 3.22. The molecule has 0 saturated carbocycles. The maximum Gasteiger partial charge on any atom is 0.0309 e. The van der Waals surface area contributed by atoms with Gasteiger partial charge < -0.3 is 0 Å². The summed E-state index contributed by atoms with van der Waals surface area (Å²) in [4.78, 5) is 0. The zero-order valence-corrected chi connectivity index (χ0v) is 16.8. The van der Waals surface area contributed by atoms with Crippen molar-refractivity contribution in [1.82, 2.24) is 0 Å². The van der Waals surface area contributed by atoms with Crippen molar-refractivity contribution in [2.75, 3.05) is 0 Å². The van der Waals surface area contributed by atoms with E-state index in [-0.39, 0.29) is 0 Å². The summed E-state index contributed by atoms with van der Waals surface area (Å²) in [6.45, 7) is 2.11. The second-order valence-corrected chi connectivity index (χ2v) is 7.32. The van der Waals surface area contributed by atoms with Crippen molar-refractivity contribution in [3.63, 3.8) is 0 Å². The quantitative estimate of drug-likeness (QED) is 0.339. The Morgan fingerprint density at radius 1 is 0.724 bits per heavy atom. The standard InChI is InChI=1S/C29H24/c1-23-11-8-9-12-24(23)19-20-25-17-10-18-26(25)21-22-29(27-13-4-2-5-14-27)28-15-6-3-7-16-28/h2-9,11-16,21H,10,17-18H2,1H3. The van der Waals surface area contributed by atoms with Gasteiger partial charge in [-0.1, -0.05) is 90.7 Å². The van der Waals surface area contributed by atoms with Crippen LogP contribution in [0, 0.1) is 18.8 Å². The molecule has 0 amide bonds. The third-order valence-electron chi connectivity index (χ3n) is 5.27. The molecular formula is C29H24. The summed E-state index contributed by atoms with van der Waals surface area (Å²) in [5, 5.41) is 0. The van der Waals surface area contributed by atoms with Crippen molar-refractivity contribution in [2.45, 2.75) is 26.2 Å². The van der Waals surface area contributed by atoms with Gasteiger partial charge in [-0.2, -0.15) is 0 Å². The van der Waals surface area contributed by atoms with E-state index in [4.69, 9.17) is 0 Å². The van der Waals surface area contributed by atoms with Gasteiger partial charge in [-0.3, -0.25) is 0 Å². The van der Waals surface area contributed by atoms with Crippen LogP contribution in [-0.4, -0.2) is 0 Å². The van der Waals surface area contributed by atoms with Crippen LogP contribution in [0.2, 0.25) is 0 Å². The Hall–Kier alpha value is -3.52. The minimum absolute atomic E-state index is 1.05. The third-order valence-corrected chi connectivity index (χ3v) is 5.27. The topological polar surface area (TPSA) is 0 Å². The van der Waals surface area contributed by atoms with Gasteiger partial charge in [0.2, 0.25) is 0 Å². The van der Waals surface area contributed by atoms with Gasteiger partial charge in [0.15, 0.2) is 0 Å². The van der Waals surface area contributed by atoms with Crippen molar-refractivity contribution in [2.24, 2.45) is 0 Å². The van der Waals surface area contributed by atoms with Crippen LogP contribution in [0.5, 0.6) is 0 Å². The molecule has 0 aliphatic heterocycles. The molecule has 0 aromatic heterocycles. The number of allylic oxidation sites excluding steroid dienone is 3. The predicted octanol–water partition coefficient (Wildman–Crippen LogP) is 7.11. The van der Waals surface area contributed by atoms with Crippen molar-refractivity contribution in [1.29, 1.82) is 0 Å². The number of hydrogen-bond acceptors (Lipinski definition) is 0. The van der Waals surface area contributed by atoms with Gasteiger partial charge >= 0.3 is 0 Å². The van der Waals surface area contributed by atoms with Crippen molar-refractivity contribution < 1.29 is 0 Å². The molecule has 0 N–H and O–H groups in total. The van der Waals surface area contributed by atoms with Crippen molar-refractivity contribution in [3.8, 4) is 11.8 Å². The highest BCUT2D eigenvalue weighted by Gasteiger charge is 2.11. The Bertz CT molecular complexity index is 1100. The van der Waals surface area contributed by atoms with Gasteiger partial charge in [-0.15, -0.1) is 5.73 Å². The second-order valence-electron chi connectivity index (χ2n) is 7.32. The molecule has 3 aromatic carbocycles. The molecule has 0 fully saturated rings. The predicted molar refractivity (Wildman–Crippen MR) is 122 cm³/mol. The van der Waals surface area contributed by atoms with Gasteiger partial charge in [0, 0.05) is 16.7 Å². The molecule has 0 heterocycles. The van der Waals surface area contributed by atoms with Crippen LogP contribution in [0.15, 0.2) is 108 Å². The van der Waals surface area contributed by atoms with Gasteiger partial charge in [-0.25, -0.2) is 0 Å². The maximum absolute atomic E-state index is 3.60. The first kappa shape index (κ1) is 18.8. The molecule has 0 heteroatoms. The van der Waals surface area contributed by atoms with Crippen LogP contribution in [-0.2, 0) is 0 Å². The summed E-state index contributed by atoms with van der Waals surface area (Å²) < 4.78 is 0. The van der Waals surface area contributed by atoms with Crippen LogP contribution in [0.3, 0.4) is 0 Å². The summed E-state index contributed by atoms with van der Waals surface area (Å²) in [6.07, 6.45) is 5.45. The average molecular weight is 373 g/mol. The molecule has 140 valence electrons. The maximum atomic E-state index is 3.60. The highest BCUT2D eigenvalue weighted by Crippen LogP contribution is 2.28. The van der Waals surface area contributed by atoms with E-state index in [1.54, 1.807) is 0 Å². The highest BCUT2D eigenvalue weighted by molar-refractivity contribution is 5.79. The lowest BCUT2D eigenvalue weighted by molar-refractivity contribution is 0.908. The molecule has 0 atom stereocenters. The summed E-state index contributed by atoms with van der Waals surface area (Å²) in [7, 11) is 0. The van der Waals surface area contributed by atoms with Gasteiger partial charge in [0.05, 0.1) is 0 Å². The van der Waals surface area contributed by atoms with Crippen LogP contribution < -0.4 is 0 Å². The smallest absolute Gasteiger partial charge is 0.0309 e. The molecule has 0 radical (unpaired) electrons. The first-order valence-corrected chi connectivity index (χ1v) is 10.2. The molecule has 1 aliphatic carbocycles. The Labute approximate surface area is 173 Å². The number of hydrogen-bond donors (Lipinski definition) is 0.